The molecule has 0 fully saturated rings. The quantitative estimate of drug-likeness (QED) is 0.787. The lowest BCUT2D eigenvalue weighted by Gasteiger charge is -2.04. The van der Waals surface area contributed by atoms with Gasteiger partial charge in [0.15, 0.2) is 5.69 Å². The van der Waals surface area contributed by atoms with E-state index < -0.39 is 5.97 Å². The molecule has 1 heterocycles. The first kappa shape index (κ1) is 11.9. The summed E-state index contributed by atoms with van der Waals surface area (Å²) in [6.07, 6.45) is 1.28. The lowest BCUT2D eigenvalue weighted by Crippen LogP contribution is -2.05. The molecule has 7 heteroatoms. The van der Waals surface area contributed by atoms with E-state index in [2.05, 4.69) is 14.9 Å². The number of hydrogen-bond acceptors (Lipinski definition) is 4. The number of benzene rings is 1. The van der Waals surface area contributed by atoms with Gasteiger partial charge in [-0.05, 0) is 12.1 Å². The normalized spacial score (nSPS) is 10.3. The minimum atomic E-state index is -0.570. The maximum absolute atomic E-state index is 11.2. The van der Waals surface area contributed by atoms with Crippen molar-refractivity contribution in [2.75, 3.05) is 7.11 Å². The second-order valence-electron chi connectivity index (χ2n) is 3.08. The lowest BCUT2D eigenvalue weighted by atomic mass is 10.3. The highest BCUT2D eigenvalue weighted by molar-refractivity contribution is 6.37. The van der Waals surface area contributed by atoms with Crippen LogP contribution in [0.2, 0.25) is 10.0 Å². The molecule has 0 atom stereocenters. The average molecular weight is 272 g/mol. The number of methoxy groups -OCH3 is 1. The van der Waals surface area contributed by atoms with E-state index in [1.807, 2.05) is 0 Å². The summed E-state index contributed by atoms with van der Waals surface area (Å²) in [4.78, 5) is 12.4. The van der Waals surface area contributed by atoms with E-state index >= 15 is 0 Å². The van der Waals surface area contributed by atoms with Gasteiger partial charge in [-0.3, -0.25) is 0 Å². The Morgan fingerprint density at radius 1 is 1.35 bits per heavy atom. The van der Waals surface area contributed by atoms with Crippen LogP contribution < -0.4 is 0 Å². The standard InChI is InChI=1S/C10H7Cl2N3O2/c1-17-10(16)8-5-13-15(14-8)9-6(11)3-2-4-7(9)12/h2-5H,1H3. The highest BCUT2D eigenvalue weighted by atomic mass is 35.5. The Kier molecular flexibility index (Phi) is 3.31. The summed E-state index contributed by atoms with van der Waals surface area (Å²) < 4.78 is 4.53. The van der Waals surface area contributed by atoms with Gasteiger partial charge in [-0.2, -0.15) is 5.10 Å². The predicted octanol–water partition coefficient (Wildman–Crippen LogP) is 2.36. The molecule has 0 radical (unpaired) electrons. The van der Waals surface area contributed by atoms with E-state index in [9.17, 15) is 4.79 Å². The van der Waals surface area contributed by atoms with Gasteiger partial charge in [-0.1, -0.05) is 29.3 Å². The zero-order valence-electron chi connectivity index (χ0n) is 8.72. The SMILES string of the molecule is COC(=O)c1cnn(-c2c(Cl)cccc2Cl)n1. The molecule has 17 heavy (non-hydrogen) atoms. The Morgan fingerprint density at radius 3 is 2.59 bits per heavy atom. The van der Waals surface area contributed by atoms with Crippen molar-refractivity contribution in [2.45, 2.75) is 0 Å². The first-order chi connectivity index (χ1) is 8.13. The van der Waals surface area contributed by atoms with Gasteiger partial charge in [0.25, 0.3) is 0 Å². The van der Waals surface area contributed by atoms with Crippen molar-refractivity contribution in [1.29, 1.82) is 0 Å². The van der Waals surface area contributed by atoms with Crippen molar-refractivity contribution in [3.8, 4) is 5.69 Å². The molecule has 0 N–H and O–H groups in total. The molecule has 0 unspecified atom stereocenters. The Morgan fingerprint density at radius 2 is 2.00 bits per heavy atom. The minimum absolute atomic E-state index is 0.0866. The third-order valence-corrected chi connectivity index (χ3v) is 2.63. The number of carbonyl (C=O) groups excluding carboxylic acids is 1. The molecular formula is C10H7Cl2N3O2. The summed E-state index contributed by atoms with van der Waals surface area (Å²) in [6, 6.07) is 5.02. The Balaban J connectivity index is 2.47. The van der Waals surface area contributed by atoms with Crippen LogP contribution in [-0.4, -0.2) is 28.1 Å². The summed E-state index contributed by atoms with van der Waals surface area (Å²) in [6.45, 7) is 0. The van der Waals surface area contributed by atoms with Gasteiger partial charge in [-0.15, -0.1) is 9.90 Å². The zero-order valence-corrected chi connectivity index (χ0v) is 10.2. The summed E-state index contributed by atoms with van der Waals surface area (Å²) in [5.41, 5.74) is 0.509. The van der Waals surface area contributed by atoms with Crippen molar-refractivity contribution in [3.05, 3.63) is 40.1 Å². The van der Waals surface area contributed by atoms with E-state index in [-0.39, 0.29) is 5.69 Å². The van der Waals surface area contributed by atoms with Crippen molar-refractivity contribution in [3.63, 3.8) is 0 Å². The average Bonchev–Trinajstić information content (AvgIpc) is 2.77. The summed E-state index contributed by atoms with van der Waals surface area (Å²) in [5, 5.41) is 8.63. The van der Waals surface area contributed by atoms with Crippen LogP contribution in [0.15, 0.2) is 24.4 Å². The fraction of sp³-hybridized carbons (Fsp3) is 0.100. The van der Waals surface area contributed by atoms with Crippen LogP contribution in [0.25, 0.3) is 5.69 Å². The fourth-order valence-corrected chi connectivity index (χ4v) is 1.80. The number of carbonyl (C=O) groups is 1. The van der Waals surface area contributed by atoms with Crippen LogP contribution in [0.4, 0.5) is 0 Å². The first-order valence-corrected chi connectivity index (χ1v) is 5.34. The minimum Gasteiger partial charge on any atom is -0.464 e. The zero-order chi connectivity index (χ0) is 12.4. The molecule has 0 aliphatic rings. The van der Waals surface area contributed by atoms with Gasteiger partial charge >= 0.3 is 5.97 Å². The van der Waals surface area contributed by atoms with Gasteiger partial charge in [0.05, 0.1) is 23.4 Å². The van der Waals surface area contributed by atoms with Gasteiger partial charge in [0.2, 0.25) is 0 Å². The van der Waals surface area contributed by atoms with Crippen LogP contribution in [0, 0.1) is 0 Å². The maximum Gasteiger partial charge on any atom is 0.360 e. The molecule has 0 aliphatic heterocycles. The smallest absolute Gasteiger partial charge is 0.360 e. The number of hydrogen-bond donors (Lipinski definition) is 0. The molecule has 1 aromatic carbocycles. The molecule has 0 saturated heterocycles. The van der Waals surface area contributed by atoms with E-state index in [4.69, 9.17) is 23.2 Å². The molecule has 0 amide bonds. The van der Waals surface area contributed by atoms with Crippen molar-refractivity contribution in [2.24, 2.45) is 0 Å². The van der Waals surface area contributed by atoms with Gasteiger partial charge < -0.3 is 4.74 Å². The highest BCUT2D eigenvalue weighted by Crippen LogP contribution is 2.26. The Bertz CT molecular complexity index is 548. The molecule has 2 rings (SSSR count). The first-order valence-electron chi connectivity index (χ1n) is 4.58. The van der Waals surface area contributed by atoms with Crippen LogP contribution in [0.5, 0.6) is 0 Å². The molecule has 0 spiro atoms. The second kappa shape index (κ2) is 4.73. The monoisotopic (exact) mass is 271 g/mol. The summed E-state index contributed by atoms with van der Waals surface area (Å²) >= 11 is 12.0. The van der Waals surface area contributed by atoms with Crippen molar-refractivity contribution < 1.29 is 9.53 Å². The van der Waals surface area contributed by atoms with E-state index in [0.29, 0.717) is 15.7 Å². The number of aromatic nitrogens is 3. The third-order valence-electron chi connectivity index (χ3n) is 2.02. The lowest BCUT2D eigenvalue weighted by molar-refractivity contribution is 0.0593. The van der Waals surface area contributed by atoms with E-state index in [0.717, 1.165) is 0 Å². The Hall–Kier alpha value is -1.59. The molecular weight excluding hydrogens is 265 g/mol. The summed E-state index contributed by atoms with van der Waals surface area (Å²) in [5.74, 6) is -0.570. The fourth-order valence-electron chi connectivity index (χ4n) is 1.25. The largest absolute Gasteiger partial charge is 0.464 e. The molecule has 0 bridgehead atoms. The van der Waals surface area contributed by atoms with Gasteiger partial charge in [-0.25, -0.2) is 4.79 Å². The summed E-state index contributed by atoms with van der Waals surface area (Å²) in [7, 11) is 1.27. The van der Waals surface area contributed by atoms with Crippen LogP contribution in [-0.2, 0) is 4.74 Å². The van der Waals surface area contributed by atoms with Crippen LogP contribution in [0.1, 0.15) is 10.5 Å². The maximum atomic E-state index is 11.2. The van der Waals surface area contributed by atoms with E-state index in [1.54, 1.807) is 18.2 Å². The topological polar surface area (TPSA) is 57.0 Å². The Labute approximate surface area is 107 Å². The highest BCUT2D eigenvalue weighted by Gasteiger charge is 2.14. The van der Waals surface area contributed by atoms with Gasteiger partial charge in [0, 0.05) is 0 Å². The molecule has 0 saturated carbocycles. The molecule has 5 nitrogen and oxygen atoms in total. The molecule has 2 aromatic rings. The van der Waals surface area contributed by atoms with Crippen LogP contribution >= 0.6 is 23.2 Å². The number of para-hydroxylation sites is 1. The predicted molar refractivity (Wildman–Crippen MR) is 62.7 cm³/mol. The van der Waals surface area contributed by atoms with Crippen molar-refractivity contribution >= 4 is 29.2 Å². The number of nitrogens with zero attached hydrogens (tertiary/aromatic N) is 3. The second-order valence-corrected chi connectivity index (χ2v) is 3.90. The molecule has 88 valence electrons. The number of rotatable bonds is 2. The number of ether oxygens (including phenoxy) is 1. The molecule has 1 aromatic heterocycles. The number of halogens is 2. The van der Waals surface area contributed by atoms with E-state index in [1.165, 1.54) is 18.1 Å². The van der Waals surface area contributed by atoms with Crippen LogP contribution in [0.3, 0.4) is 0 Å². The third kappa shape index (κ3) is 2.25. The van der Waals surface area contributed by atoms with Crippen molar-refractivity contribution in [1.82, 2.24) is 15.0 Å². The molecule has 0 aliphatic carbocycles. The van der Waals surface area contributed by atoms with Gasteiger partial charge in [0.1, 0.15) is 5.69 Å². The number of esters is 1.